The molecule has 2 aliphatic rings. The molecule has 2 fully saturated rings. The topological polar surface area (TPSA) is 37.3 Å². The van der Waals surface area contributed by atoms with Crippen LogP contribution in [0.1, 0.15) is 66.7 Å². The molecular weight excluding hydrogens is 272 g/mol. The lowest BCUT2D eigenvalue weighted by molar-refractivity contribution is -0.124. The molecule has 2 rings (SSSR count). The summed E-state index contributed by atoms with van der Waals surface area (Å²) in [4.78, 5) is 12.3. The Labute approximate surface area is 135 Å². The number of carbonyl (C=O) groups is 1. The SMILES string of the molecule is C/C(=C\C=C\C(C)(C)O)[C@@H]1CC[C@]2(C)CC(=O)[C@H](C)CC[C@@H]12. The number of hydrogen-bond acceptors (Lipinski definition) is 2. The number of rotatable bonds is 3. The van der Waals surface area contributed by atoms with Crippen molar-refractivity contribution in [2.75, 3.05) is 0 Å². The van der Waals surface area contributed by atoms with Gasteiger partial charge >= 0.3 is 0 Å². The summed E-state index contributed by atoms with van der Waals surface area (Å²) in [5.74, 6) is 1.93. The Morgan fingerprint density at radius 3 is 2.64 bits per heavy atom. The van der Waals surface area contributed by atoms with Crippen LogP contribution in [0.15, 0.2) is 23.8 Å². The number of aliphatic hydroxyl groups is 1. The van der Waals surface area contributed by atoms with E-state index in [9.17, 15) is 9.90 Å². The Bertz CT molecular complexity index is 480. The van der Waals surface area contributed by atoms with E-state index in [0.717, 1.165) is 12.8 Å². The fourth-order valence-corrected chi connectivity index (χ4v) is 4.39. The molecule has 0 aromatic heterocycles. The molecule has 0 aromatic rings. The molecule has 22 heavy (non-hydrogen) atoms. The van der Waals surface area contributed by atoms with Gasteiger partial charge in [-0.15, -0.1) is 0 Å². The number of ketones is 1. The minimum atomic E-state index is -0.759. The highest BCUT2D eigenvalue weighted by Gasteiger charge is 2.48. The normalized spacial score (nSPS) is 37.5. The van der Waals surface area contributed by atoms with Crippen molar-refractivity contribution < 1.29 is 9.90 Å². The Balaban J connectivity index is 2.15. The predicted octanol–water partition coefficient (Wildman–Crippen LogP) is 4.68. The first-order chi connectivity index (χ1) is 10.1. The van der Waals surface area contributed by atoms with Gasteiger partial charge in [-0.1, -0.05) is 37.6 Å². The van der Waals surface area contributed by atoms with Gasteiger partial charge in [0.15, 0.2) is 0 Å². The third-order valence-corrected chi connectivity index (χ3v) is 5.89. The van der Waals surface area contributed by atoms with Gasteiger partial charge in [-0.05, 0) is 63.7 Å². The Hall–Kier alpha value is -0.890. The van der Waals surface area contributed by atoms with Crippen LogP contribution in [-0.4, -0.2) is 16.5 Å². The maximum atomic E-state index is 12.3. The van der Waals surface area contributed by atoms with E-state index in [1.165, 1.54) is 24.8 Å². The number of fused-ring (bicyclic) bond motifs is 1. The van der Waals surface area contributed by atoms with Gasteiger partial charge in [-0.2, -0.15) is 0 Å². The predicted molar refractivity (Wildman–Crippen MR) is 91.5 cm³/mol. The highest BCUT2D eigenvalue weighted by atomic mass is 16.3. The summed E-state index contributed by atoms with van der Waals surface area (Å²) >= 11 is 0. The van der Waals surface area contributed by atoms with Crippen LogP contribution in [0, 0.1) is 23.2 Å². The first-order valence-electron chi connectivity index (χ1n) is 8.73. The average Bonchev–Trinajstić information content (AvgIpc) is 2.65. The van der Waals surface area contributed by atoms with Crippen molar-refractivity contribution in [2.24, 2.45) is 23.2 Å². The van der Waals surface area contributed by atoms with Crippen LogP contribution < -0.4 is 0 Å². The summed E-state index contributed by atoms with van der Waals surface area (Å²) in [5.41, 5.74) is 0.837. The first kappa shape index (κ1) is 17.5. The van der Waals surface area contributed by atoms with Gasteiger partial charge in [-0.25, -0.2) is 0 Å². The summed E-state index contributed by atoms with van der Waals surface area (Å²) < 4.78 is 0. The zero-order valence-electron chi connectivity index (χ0n) is 14.9. The maximum Gasteiger partial charge on any atom is 0.136 e. The molecule has 0 aliphatic heterocycles. The quantitative estimate of drug-likeness (QED) is 0.769. The first-order valence-corrected chi connectivity index (χ1v) is 8.73. The minimum Gasteiger partial charge on any atom is -0.386 e. The third-order valence-electron chi connectivity index (χ3n) is 5.89. The largest absolute Gasteiger partial charge is 0.386 e. The number of carbonyl (C=O) groups excluding carboxylic acids is 1. The van der Waals surface area contributed by atoms with Crippen LogP contribution in [0.5, 0.6) is 0 Å². The Morgan fingerprint density at radius 1 is 1.32 bits per heavy atom. The van der Waals surface area contributed by atoms with Gasteiger partial charge in [0.1, 0.15) is 5.78 Å². The van der Waals surface area contributed by atoms with Crippen molar-refractivity contribution in [3.05, 3.63) is 23.8 Å². The molecule has 2 saturated carbocycles. The standard InChI is InChI=1S/C20H32O2/c1-14(7-6-11-19(3,4)22)16-10-12-20(5)13-18(21)15(2)8-9-17(16)20/h6-7,11,15-17,22H,8-10,12-13H2,1-5H3/b11-6+,14-7+/t15-,16+,17+,20-/m1/s1. The molecule has 0 saturated heterocycles. The molecule has 1 N–H and O–H groups in total. The molecule has 4 atom stereocenters. The van der Waals surface area contributed by atoms with E-state index in [1.54, 1.807) is 13.8 Å². The van der Waals surface area contributed by atoms with Gasteiger partial charge in [-0.3, -0.25) is 4.79 Å². The second-order valence-electron chi connectivity index (χ2n) is 8.45. The molecule has 0 radical (unpaired) electrons. The summed E-state index contributed by atoms with van der Waals surface area (Å²) in [6, 6.07) is 0. The second kappa shape index (κ2) is 6.31. The zero-order valence-corrected chi connectivity index (χ0v) is 14.9. The molecule has 124 valence electrons. The fourth-order valence-electron chi connectivity index (χ4n) is 4.39. The van der Waals surface area contributed by atoms with Gasteiger partial charge in [0.25, 0.3) is 0 Å². The summed E-state index contributed by atoms with van der Waals surface area (Å²) in [5, 5.41) is 9.77. The molecule has 0 aromatic carbocycles. The molecule has 0 amide bonds. The lowest BCUT2D eigenvalue weighted by Crippen LogP contribution is -2.26. The van der Waals surface area contributed by atoms with Crippen LogP contribution in [-0.2, 0) is 4.79 Å². The van der Waals surface area contributed by atoms with Crippen LogP contribution in [0.4, 0.5) is 0 Å². The summed E-state index contributed by atoms with van der Waals surface area (Å²) in [6.07, 6.45) is 11.3. The van der Waals surface area contributed by atoms with E-state index in [2.05, 4.69) is 26.8 Å². The molecular formula is C20H32O2. The number of Topliss-reactive ketones (excluding diaryl/α,β-unsaturated/α-hetero) is 1. The molecule has 0 spiro atoms. The van der Waals surface area contributed by atoms with E-state index < -0.39 is 5.60 Å². The van der Waals surface area contributed by atoms with E-state index in [-0.39, 0.29) is 11.3 Å². The van der Waals surface area contributed by atoms with E-state index in [4.69, 9.17) is 0 Å². The van der Waals surface area contributed by atoms with Gasteiger partial charge < -0.3 is 5.11 Å². The Morgan fingerprint density at radius 2 is 2.00 bits per heavy atom. The highest BCUT2D eigenvalue weighted by Crippen LogP contribution is 2.55. The molecule has 0 heterocycles. The number of allylic oxidation sites excluding steroid dienone is 3. The smallest absolute Gasteiger partial charge is 0.136 e. The summed E-state index contributed by atoms with van der Waals surface area (Å²) in [7, 11) is 0. The van der Waals surface area contributed by atoms with Crippen LogP contribution >= 0.6 is 0 Å². The molecule has 2 heteroatoms. The van der Waals surface area contributed by atoms with Crippen molar-refractivity contribution in [2.45, 2.75) is 72.3 Å². The zero-order chi connectivity index (χ0) is 16.5. The van der Waals surface area contributed by atoms with Gasteiger partial charge in [0.05, 0.1) is 5.60 Å². The van der Waals surface area contributed by atoms with Gasteiger partial charge in [0, 0.05) is 12.3 Å². The van der Waals surface area contributed by atoms with E-state index in [0.29, 0.717) is 17.6 Å². The van der Waals surface area contributed by atoms with E-state index >= 15 is 0 Å². The van der Waals surface area contributed by atoms with Crippen LogP contribution in [0.2, 0.25) is 0 Å². The van der Waals surface area contributed by atoms with Crippen LogP contribution in [0.25, 0.3) is 0 Å². The van der Waals surface area contributed by atoms with E-state index in [1.807, 2.05) is 12.2 Å². The Kier molecular flexibility index (Phi) is 5.01. The van der Waals surface area contributed by atoms with Crippen molar-refractivity contribution in [3.63, 3.8) is 0 Å². The van der Waals surface area contributed by atoms with Crippen molar-refractivity contribution in [1.82, 2.24) is 0 Å². The van der Waals surface area contributed by atoms with Gasteiger partial charge in [0.2, 0.25) is 0 Å². The fraction of sp³-hybridized carbons (Fsp3) is 0.750. The molecule has 0 unspecified atom stereocenters. The number of hydrogen-bond donors (Lipinski definition) is 1. The summed E-state index contributed by atoms with van der Waals surface area (Å²) in [6.45, 7) is 10.2. The van der Waals surface area contributed by atoms with Crippen molar-refractivity contribution >= 4 is 5.78 Å². The third kappa shape index (κ3) is 3.90. The lowest BCUT2D eigenvalue weighted by Gasteiger charge is -2.32. The molecule has 2 aliphatic carbocycles. The van der Waals surface area contributed by atoms with Crippen molar-refractivity contribution in [1.29, 1.82) is 0 Å². The highest BCUT2D eigenvalue weighted by molar-refractivity contribution is 5.81. The minimum absolute atomic E-state index is 0.196. The molecule has 0 bridgehead atoms. The average molecular weight is 304 g/mol. The maximum absolute atomic E-state index is 12.3. The van der Waals surface area contributed by atoms with Crippen LogP contribution in [0.3, 0.4) is 0 Å². The lowest BCUT2D eigenvalue weighted by atomic mass is 9.72. The monoisotopic (exact) mass is 304 g/mol. The molecule has 2 nitrogen and oxygen atoms in total. The second-order valence-corrected chi connectivity index (χ2v) is 8.45. The van der Waals surface area contributed by atoms with Crippen molar-refractivity contribution in [3.8, 4) is 0 Å².